The van der Waals surface area contributed by atoms with E-state index in [0.29, 0.717) is 5.92 Å². The van der Waals surface area contributed by atoms with Crippen molar-refractivity contribution in [3.63, 3.8) is 0 Å². The highest BCUT2D eigenvalue weighted by molar-refractivity contribution is 8.11. The predicted octanol–water partition coefficient (Wildman–Crippen LogP) is 5.79. The number of nitrogens with zero attached hydrogens (tertiary/aromatic N) is 2. The molecule has 120 valence electrons. The van der Waals surface area contributed by atoms with Gasteiger partial charge in [-0.1, -0.05) is 44.3 Å². The normalized spacial score (nSPS) is 11.6. The summed E-state index contributed by atoms with van der Waals surface area (Å²) in [6, 6.07) is 9.94. The highest BCUT2D eigenvalue weighted by Crippen LogP contribution is 2.35. The van der Waals surface area contributed by atoms with Gasteiger partial charge in [0.1, 0.15) is 11.6 Å². The molecular formula is C19H23N3S. The van der Waals surface area contributed by atoms with Gasteiger partial charge in [-0.25, -0.2) is 9.97 Å². The minimum Gasteiger partial charge on any atom is -0.325 e. The average Bonchev–Trinajstić information content (AvgIpc) is 2.52. The Morgan fingerprint density at radius 3 is 2.70 bits per heavy atom. The van der Waals surface area contributed by atoms with Crippen LogP contribution in [-0.4, -0.2) is 9.97 Å². The zero-order valence-electron chi connectivity index (χ0n) is 14.1. The van der Waals surface area contributed by atoms with Crippen molar-refractivity contribution in [3.05, 3.63) is 65.3 Å². The van der Waals surface area contributed by atoms with E-state index in [4.69, 9.17) is 4.98 Å². The van der Waals surface area contributed by atoms with E-state index >= 15 is 0 Å². The highest BCUT2D eigenvalue weighted by atomic mass is 32.2. The van der Waals surface area contributed by atoms with Gasteiger partial charge in [0.25, 0.3) is 0 Å². The number of aryl methyl sites for hydroxylation is 1. The van der Waals surface area contributed by atoms with Crippen LogP contribution in [0.5, 0.6) is 0 Å². The largest absolute Gasteiger partial charge is 0.325 e. The van der Waals surface area contributed by atoms with Crippen molar-refractivity contribution in [2.24, 2.45) is 5.92 Å². The molecule has 0 fully saturated rings. The number of allylic oxidation sites excluding steroid dienone is 2. The molecule has 0 aliphatic heterocycles. The molecule has 1 N–H and O–H groups in total. The molecule has 23 heavy (non-hydrogen) atoms. The number of hydrogen-bond donors (Lipinski definition) is 1. The molecule has 0 unspecified atom stereocenters. The van der Waals surface area contributed by atoms with Crippen molar-refractivity contribution < 1.29 is 0 Å². The Labute approximate surface area is 143 Å². The predicted molar refractivity (Wildman–Crippen MR) is 102 cm³/mol. The lowest BCUT2D eigenvalue weighted by Crippen LogP contribution is -1.98. The summed E-state index contributed by atoms with van der Waals surface area (Å²) in [5, 5.41) is 3.26. The van der Waals surface area contributed by atoms with Crippen LogP contribution in [0.2, 0.25) is 0 Å². The molecule has 0 radical (unpaired) electrons. The van der Waals surface area contributed by atoms with Crippen LogP contribution in [0.3, 0.4) is 0 Å². The van der Waals surface area contributed by atoms with Crippen LogP contribution < -0.4 is 5.32 Å². The Kier molecular flexibility index (Phi) is 5.99. The second kappa shape index (κ2) is 7.97. The van der Waals surface area contributed by atoms with Crippen LogP contribution in [0.1, 0.15) is 32.0 Å². The maximum absolute atomic E-state index is 4.70. The third kappa shape index (κ3) is 4.96. The van der Waals surface area contributed by atoms with E-state index in [9.17, 15) is 0 Å². The number of thioether (sulfide) groups is 1. The van der Waals surface area contributed by atoms with Gasteiger partial charge in [0.05, 0.1) is 5.69 Å². The fourth-order valence-electron chi connectivity index (χ4n) is 1.90. The number of rotatable bonds is 6. The summed E-state index contributed by atoms with van der Waals surface area (Å²) in [7, 11) is 0. The lowest BCUT2D eigenvalue weighted by atomic mass is 10.2. The third-order valence-corrected chi connectivity index (χ3v) is 4.72. The Morgan fingerprint density at radius 2 is 2.04 bits per heavy atom. The summed E-state index contributed by atoms with van der Waals surface area (Å²) >= 11 is 1.68. The molecule has 0 bridgehead atoms. The molecule has 0 saturated carbocycles. The zero-order chi connectivity index (χ0) is 16.8. The van der Waals surface area contributed by atoms with E-state index in [1.807, 2.05) is 44.2 Å². The summed E-state index contributed by atoms with van der Waals surface area (Å²) in [6.45, 7) is 12.5. The lowest BCUT2D eigenvalue weighted by Gasteiger charge is -2.13. The summed E-state index contributed by atoms with van der Waals surface area (Å²) < 4.78 is 0. The van der Waals surface area contributed by atoms with Gasteiger partial charge in [0.15, 0.2) is 0 Å². The Balaban J connectivity index is 2.20. The van der Waals surface area contributed by atoms with Crippen LogP contribution in [0, 0.1) is 12.8 Å². The summed E-state index contributed by atoms with van der Waals surface area (Å²) in [6.07, 6.45) is 3.87. The SMILES string of the molecule is C=C(S/C(=C\C)c1cccc(Nc2cc(C)ccn2)n1)C(C)C. The maximum atomic E-state index is 4.70. The molecule has 2 heterocycles. The third-order valence-electron chi connectivity index (χ3n) is 3.32. The van der Waals surface area contributed by atoms with Gasteiger partial charge in [0, 0.05) is 11.1 Å². The molecule has 0 atom stereocenters. The van der Waals surface area contributed by atoms with Gasteiger partial charge >= 0.3 is 0 Å². The van der Waals surface area contributed by atoms with Crippen LogP contribution in [0.15, 0.2) is 54.1 Å². The minimum atomic E-state index is 0.438. The molecule has 3 nitrogen and oxygen atoms in total. The van der Waals surface area contributed by atoms with E-state index in [0.717, 1.165) is 32.7 Å². The van der Waals surface area contributed by atoms with E-state index in [1.165, 1.54) is 0 Å². The quantitative estimate of drug-likeness (QED) is 0.729. The minimum absolute atomic E-state index is 0.438. The average molecular weight is 325 g/mol. The summed E-state index contributed by atoms with van der Waals surface area (Å²) in [5.74, 6) is 2.03. The van der Waals surface area contributed by atoms with Crippen molar-refractivity contribution >= 4 is 28.3 Å². The van der Waals surface area contributed by atoms with Crippen molar-refractivity contribution in [2.45, 2.75) is 27.7 Å². The van der Waals surface area contributed by atoms with Crippen molar-refractivity contribution in [1.82, 2.24) is 9.97 Å². The highest BCUT2D eigenvalue weighted by Gasteiger charge is 2.09. The monoisotopic (exact) mass is 325 g/mol. The molecule has 0 amide bonds. The first-order valence-electron chi connectivity index (χ1n) is 7.69. The van der Waals surface area contributed by atoms with Gasteiger partial charge in [-0.2, -0.15) is 0 Å². The standard InChI is InChI=1S/C19H23N3S/c1-6-17(23-15(5)13(2)3)16-8-7-9-18(21-16)22-19-12-14(4)10-11-20-19/h6-13H,5H2,1-4H3,(H,20,21,22)/b17-6-. The molecule has 0 aromatic carbocycles. The van der Waals surface area contributed by atoms with Crippen LogP contribution in [0.25, 0.3) is 4.91 Å². The Bertz CT molecular complexity index is 720. The van der Waals surface area contributed by atoms with Crippen LogP contribution in [0.4, 0.5) is 11.6 Å². The molecule has 2 aromatic rings. The first kappa shape index (κ1) is 17.3. The number of hydrogen-bond acceptors (Lipinski definition) is 4. The van der Waals surface area contributed by atoms with Crippen molar-refractivity contribution in [1.29, 1.82) is 0 Å². The van der Waals surface area contributed by atoms with E-state index < -0.39 is 0 Å². The maximum Gasteiger partial charge on any atom is 0.132 e. The number of nitrogens with one attached hydrogen (secondary N) is 1. The van der Waals surface area contributed by atoms with E-state index in [2.05, 4.69) is 36.8 Å². The van der Waals surface area contributed by atoms with Crippen LogP contribution >= 0.6 is 11.8 Å². The zero-order valence-corrected chi connectivity index (χ0v) is 14.9. The topological polar surface area (TPSA) is 37.8 Å². The lowest BCUT2D eigenvalue weighted by molar-refractivity contribution is 0.821. The molecule has 2 rings (SSSR count). The van der Waals surface area contributed by atoms with Crippen molar-refractivity contribution in [3.8, 4) is 0 Å². The molecular weight excluding hydrogens is 302 g/mol. The molecule has 0 aliphatic rings. The van der Waals surface area contributed by atoms with Gasteiger partial charge in [-0.15, -0.1) is 0 Å². The Hall–Kier alpha value is -2.07. The van der Waals surface area contributed by atoms with Gasteiger partial charge < -0.3 is 5.32 Å². The molecule has 4 heteroatoms. The first-order chi connectivity index (χ1) is 11.0. The van der Waals surface area contributed by atoms with Crippen molar-refractivity contribution in [2.75, 3.05) is 5.32 Å². The second-order valence-corrected chi connectivity index (χ2v) is 6.80. The number of anilines is 2. The summed E-state index contributed by atoms with van der Waals surface area (Å²) in [5.41, 5.74) is 2.11. The van der Waals surface area contributed by atoms with Gasteiger partial charge in [-0.3, -0.25) is 0 Å². The van der Waals surface area contributed by atoms with E-state index in [1.54, 1.807) is 18.0 Å². The molecule has 0 saturated heterocycles. The van der Waals surface area contributed by atoms with Crippen LogP contribution in [-0.2, 0) is 0 Å². The number of pyridine rings is 2. The molecule has 0 aliphatic carbocycles. The number of aromatic nitrogens is 2. The van der Waals surface area contributed by atoms with E-state index in [-0.39, 0.29) is 0 Å². The molecule has 0 spiro atoms. The second-order valence-electron chi connectivity index (χ2n) is 5.63. The first-order valence-corrected chi connectivity index (χ1v) is 8.51. The molecule has 2 aromatic heterocycles. The smallest absolute Gasteiger partial charge is 0.132 e. The fraction of sp³-hybridized carbons (Fsp3) is 0.263. The van der Waals surface area contributed by atoms with Gasteiger partial charge in [-0.05, 0) is 54.5 Å². The Morgan fingerprint density at radius 1 is 1.26 bits per heavy atom. The fourth-order valence-corrected chi connectivity index (χ4v) is 2.75. The van der Waals surface area contributed by atoms with Gasteiger partial charge in [0.2, 0.25) is 0 Å². The summed E-state index contributed by atoms with van der Waals surface area (Å²) in [4.78, 5) is 11.3.